The van der Waals surface area contributed by atoms with E-state index < -0.39 is 12.1 Å². The maximum Gasteiger partial charge on any atom is 0.338 e. The molecule has 1 heterocycles. The van der Waals surface area contributed by atoms with Crippen LogP contribution in [0, 0.1) is 6.92 Å². The quantitative estimate of drug-likeness (QED) is 0.815. The van der Waals surface area contributed by atoms with Crippen molar-refractivity contribution >= 4 is 22.9 Å². The smallest absolute Gasteiger partial charge is 0.338 e. The Morgan fingerprint density at radius 3 is 2.70 bits per heavy atom. The first-order valence-corrected chi connectivity index (χ1v) is 9.43. The van der Waals surface area contributed by atoms with Gasteiger partial charge in [0.25, 0.3) is 11.5 Å². The molecule has 1 aromatic heterocycles. The highest BCUT2D eigenvalue weighted by Crippen LogP contribution is 2.18. The van der Waals surface area contributed by atoms with Gasteiger partial charge in [-0.15, -0.1) is 0 Å². The first-order chi connectivity index (χ1) is 12.9. The van der Waals surface area contributed by atoms with Crippen molar-refractivity contribution in [1.29, 1.82) is 0 Å². The predicted molar refractivity (Wildman–Crippen MR) is 102 cm³/mol. The van der Waals surface area contributed by atoms with E-state index in [4.69, 9.17) is 4.74 Å². The Labute approximate surface area is 157 Å². The molecular formula is C20H25N3O4. The fourth-order valence-electron chi connectivity index (χ4n) is 3.49. The van der Waals surface area contributed by atoms with Gasteiger partial charge in [-0.3, -0.25) is 9.59 Å². The molecule has 144 valence electrons. The molecule has 0 spiro atoms. The number of nitrogens with one attached hydrogen (secondary N) is 1. The van der Waals surface area contributed by atoms with Crippen LogP contribution < -0.4 is 10.9 Å². The molecule has 0 radical (unpaired) electrons. The van der Waals surface area contributed by atoms with E-state index in [2.05, 4.69) is 10.3 Å². The highest BCUT2D eigenvalue weighted by atomic mass is 16.5. The van der Waals surface area contributed by atoms with Crippen molar-refractivity contribution in [2.75, 3.05) is 0 Å². The van der Waals surface area contributed by atoms with E-state index in [9.17, 15) is 14.4 Å². The fourth-order valence-corrected chi connectivity index (χ4v) is 3.49. The van der Waals surface area contributed by atoms with E-state index in [1.807, 2.05) is 6.92 Å². The van der Waals surface area contributed by atoms with Gasteiger partial charge in [0.2, 0.25) is 0 Å². The van der Waals surface area contributed by atoms with Crippen LogP contribution in [0.1, 0.15) is 55.6 Å². The molecule has 3 rings (SSSR count). The van der Waals surface area contributed by atoms with Crippen molar-refractivity contribution < 1.29 is 14.3 Å². The number of hydrogen-bond acceptors (Lipinski definition) is 5. The van der Waals surface area contributed by atoms with Gasteiger partial charge in [0.05, 0.1) is 16.6 Å². The SMILES string of the molecule is CCn1c(=O)c(C)nc2cc(C(=O)O[C@@H](C)C(=O)NC3CCCC3)ccc21. The summed E-state index contributed by atoms with van der Waals surface area (Å²) >= 11 is 0. The molecule has 1 saturated carbocycles. The summed E-state index contributed by atoms with van der Waals surface area (Å²) in [7, 11) is 0. The van der Waals surface area contributed by atoms with Crippen molar-refractivity contribution in [2.45, 2.75) is 65.1 Å². The maximum atomic E-state index is 12.4. The minimum Gasteiger partial charge on any atom is -0.449 e. The molecule has 7 nitrogen and oxygen atoms in total. The summed E-state index contributed by atoms with van der Waals surface area (Å²) in [5.74, 6) is -0.857. The predicted octanol–water partition coefficient (Wildman–Crippen LogP) is 2.33. The largest absolute Gasteiger partial charge is 0.449 e. The molecular weight excluding hydrogens is 346 g/mol. The molecule has 0 saturated heterocycles. The number of carbonyl (C=O) groups excluding carboxylic acids is 2. The number of rotatable bonds is 5. The molecule has 1 aromatic carbocycles. The Kier molecular flexibility index (Phi) is 5.58. The Morgan fingerprint density at radius 1 is 1.33 bits per heavy atom. The van der Waals surface area contributed by atoms with Crippen molar-refractivity contribution in [1.82, 2.24) is 14.9 Å². The van der Waals surface area contributed by atoms with Crippen LogP contribution in [-0.4, -0.2) is 33.6 Å². The minimum absolute atomic E-state index is 0.141. The number of hydrogen-bond donors (Lipinski definition) is 1. The standard InChI is InChI=1S/C20H25N3O4/c1-4-23-17-10-9-14(11-16(17)21-12(2)19(23)25)20(26)27-13(3)18(24)22-15-7-5-6-8-15/h9-11,13,15H,4-8H2,1-3H3,(H,22,24)/t13-/m0/s1. The summed E-state index contributed by atoms with van der Waals surface area (Å²) in [4.78, 5) is 41.1. The summed E-state index contributed by atoms with van der Waals surface area (Å²) in [6, 6.07) is 5.05. The van der Waals surface area contributed by atoms with E-state index >= 15 is 0 Å². The summed E-state index contributed by atoms with van der Waals surface area (Å²) in [6.45, 7) is 5.61. The maximum absolute atomic E-state index is 12.4. The van der Waals surface area contributed by atoms with E-state index in [1.165, 1.54) is 0 Å². The summed E-state index contributed by atoms with van der Waals surface area (Å²) in [6.07, 6.45) is 3.31. The number of fused-ring (bicyclic) bond motifs is 1. The molecule has 0 aliphatic heterocycles. The number of benzene rings is 1. The molecule has 0 unspecified atom stereocenters. The Morgan fingerprint density at radius 2 is 2.04 bits per heavy atom. The first kappa shape index (κ1) is 19.1. The number of ether oxygens (including phenoxy) is 1. The molecule has 1 aliphatic rings. The van der Waals surface area contributed by atoms with Gasteiger partial charge in [0.1, 0.15) is 5.69 Å². The van der Waals surface area contributed by atoms with Gasteiger partial charge in [0.15, 0.2) is 6.10 Å². The van der Waals surface area contributed by atoms with Gasteiger partial charge in [-0.05, 0) is 51.8 Å². The number of esters is 1. The van der Waals surface area contributed by atoms with Crippen molar-refractivity contribution in [3.63, 3.8) is 0 Å². The lowest BCUT2D eigenvalue weighted by Gasteiger charge is -2.17. The van der Waals surface area contributed by atoms with Crippen molar-refractivity contribution in [3.8, 4) is 0 Å². The normalized spacial score (nSPS) is 15.7. The van der Waals surface area contributed by atoms with Crippen LogP contribution in [0.3, 0.4) is 0 Å². The second-order valence-electron chi connectivity index (χ2n) is 6.99. The van der Waals surface area contributed by atoms with Crippen LogP contribution >= 0.6 is 0 Å². The van der Waals surface area contributed by atoms with Gasteiger partial charge in [-0.2, -0.15) is 0 Å². The molecule has 1 aliphatic carbocycles. The second-order valence-corrected chi connectivity index (χ2v) is 6.99. The Hall–Kier alpha value is -2.70. The zero-order valence-corrected chi connectivity index (χ0v) is 15.9. The van der Waals surface area contributed by atoms with Crippen LogP contribution in [0.15, 0.2) is 23.0 Å². The zero-order valence-electron chi connectivity index (χ0n) is 15.9. The highest BCUT2D eigenvalue weighted by Gasteiger charge is 2.23. The van der Waals surface area contributed by atoms with Crippen LogP contribution in [-0.2, 0) is 16.1 Å². The minimum atomic E-state index is -0.868. The first-order valence-electron chi connectivity index (χ1n) is 9.43. The average molecular weight is 371 g/mol. The third-order valence-electron chi connectivity index (χ3n) is 5.02. The molecule has 1 fully saturated rings. The van der Waals surface area contributed by atoms with Gasteiger partial charge in [0, 0.05) is 12.6 Å². The molecule has 27 heavy (non-hydrogen) atoms. The van der Waals surface area contributed by atoms with Crippen LogP contribution in [0.2, 0.25) is 0 Å². The van der Waals surface area contributed by atoms with E-state index in [-0.39, 0.29) is 17.5 Å². The van der Waals surface area contributed by atoms with Crippen LogP contribution in [0.4, 0.5) is 0 Å². The average Bonchev–Trinajstić information content (AvgIpc) is 3.15. The second kappa shape index (κ2) is 7.90. The van der Waals surface area contributed by atoms with Gasteiger partial charge in [-0.25, -0.2) is 9.78 Å². The number of aromatic nitrogens is 2. The molecule has 7 heteroatoms. The van der Waals surface area contributed by atoms with E-state index in [0.717, 1.165) is 25.7 Å². The number of nitrogens with zero attached hydrogens (tertiary/aromatic N) is 2. The Balaban J connectivity index is 1.76. The van der Waals surface area contributed by atoms with E-state index in [1.54, 1.807) is 36.6 Å². The fraction of sp³-hybridized carbons (Fsp3) is 0.500. The lowest BCUT2D eigenvalue weighted by atomic mass is 10.2. The monoisotopic (exact) mass is 371 g/mol. The topological polar surface area (TPSA) is 90.3 Å². The molecule has 2 aromatic rings. The molecule has 1 N–H and O–H groups in total. The van der Waals surface area contributed by atoms with Crippen molar-refractivity contribution in [3.05, 3.63) is 39.8 Å². The summed E-state index contributed by atoms with van der Waals surface area (Å²) in [5, 5.41) is 2.93. The Bertz CT molecular complexity index is 929. The number of amides is 1. The van der Waals surface area contributed by atoms with E-state index in [0.29, 0.717) is 28.8 Å². The van der Waals surface area contributed by atoms with Crippen molar-refractivity contribution in [2.24, 2.45) is 0 Å². The van der Waals surface area contributed by atoms with Gasteiger partial charge in [-0.1, -0.05) is 12.8 Å². The van der Waals surface area contributed by atoms with Crippen LogP contribution in [0.25, 0.3) is 11.0 Å². The van der Waals surface area contributed by atoms with Gasteiger partial charge < -0.3 is 14.6 Å². The summed E-state index contributed by atoms with van der Waals surface area (Å²) < 4.78 is 6.94. The molecule has 1 atom stereocenters. The third kappa shape index (κ3) is 4.02. The molecule has 0 bridgehead atoms. The number of aryl methyl sites for hydroxylation is 2. The lowest BCUT2D eigenvalue weighted by molar-refractivity contribution is -0.129. The van der Waals surface area contributed by atoms with Crippen LogP contribution in [0.5, 0.6) is 0 Å². The molecule has 1 amide bonds. The zero-order chi connectivity index (χ0) is 19.6. The third-order valence-corrected chi connectivity index (χ3v) is 5.02. The summed E-state index contributed by atoms with van der Waals surface area (Å²) in [5.41, 5.74) is 1.75. The lowest BCUT2D eigenvalue weighted by Crippen LogP contribution is -2.40. The van der Waals surface area contributed by atoms with Gasteiger partial charge >= 0.3 is 5.97 Å². The number of carbonyl (C=O) groups is 2. The highest BCUT2D eigenvalue weighted by molar-refractivity contribution is 5.95.